The number of aliphatic hydroxyl groups is 1. The molecule has 0 heterocycles. The molecule has 0 amide bonds. The molecule has 13 heavy (non-hydrogen) atoms. The Labute approximate surface area is 76.0 Å². The van der Waals surface area contributed by atoms with Crippen LogP contribution in [-0.2, 0) is 0 Å². The van der Waals surface area contributed by atoms with Crippen LogP contribution in [0.25, 0.3) is 0 Å². The minimum absolute atomic E-state index is 0.0272. The summed E-state index contributed by atoms with van der Waals surface area (Å²) < 4.78 is 0. The third-order valence-corrected chi connectivity index (χ3v) is 1.83. The lowest BCUT2D eigenvalue weighted by atomic mass is 10.1. The van der Waals surface area contributed by atoms with Gasteiger partial charge < -0.3 is 5.11 Å². The number of aryl methyl sites for hydroxylation is 1. The number of nitrogens with zero attached hydrogens (tertiary/aromatic N) is 1. The molecule has 0 spiro atoms. The van der Waals surface area contributed by atoms with Gasteiger partial charge in [-0.25, -0.2) is 0 Å². The molecule has 4 heteroatoms. The van der Waals surface area contributed by atoms with Crippen LogP contribution in [0.5, 0.6) is 0 Å². The maximum absolute atomic E-state index is 10.5. The molecule has 1 aromatic carbocycles. The van der Waals surface area contributed by atoms with Gasteiger partial charge in [0, 0.05) is 6.07 Å². The summed E-state index contributed by atoms with van der Waals surface area (Å²) in [5, 5.41) is 19.8. The Bertz CT molecular complexity index is 334. The second-order valence-electron chi connectivity index (χ2n) is 3.00. The fraction of sp³-hybridized carbons (Fsp3) is 0.333. The maximum atomic E-state index is 10.5. The smallest absolute Gasteiger partial charge is 0.275 e. The zero-order valence-electron chi connectivity index (χ0n) is 7.52. The van der Waals surface area contributed by atoms with Gasteiger partial charge in [-0.05, 0) is 19.9 Å². The highest BCUT2D eigenvalue weighted by Crippen LogP contribution is 2.25. The van der Waals surface area contributed by atoms with Gasteiger partial charge in [-0.2, -0.15) is 0 Å². The maximum Gasteiger partial charge on any atom is 0.275 e. The van der Waals surface area contributed by atoms with Crippen molar-refractivity contribution in [3.8, 4) is 0 Å². The minimum Gasteiger partial charge on any atom is -0.388 e. The van der Waals surface area contributed by atoms with E-state index in [0.29, 0.717) is 5.56 Å². The van der Waals surface area contributed by atoms with Crippen molar-refractivity contribution in [3.05, 3.63) is 39.4 Å². The molecule has 0 bridgehead atoms. The summed E-state index contributed by atoms with van der Waals surface area (Å²) in [4.78, 5) is 10.0. The van der Waals surface area contributed by atoms with Crippen molar-refractivity contribution in [2.45, 2.75) is 20.0 Å². The van der Waals surface area contributed by atoms with E-state index in [0.717, 1.165) is 5.56 Å². The van der Waals surface area contributed by atoms with Crippen molar-refractivity contribution in [1.82, 2.24) is 0 Å². The number of benzene rings is 1. The number of hydrogen-bond acceptors (Lipinski definition) is 3. The summed E-state index contributed by atoms with van der Waals surface area (Å²) in [6.45, 7) is 3.34. The Hall–Kier alpha value is -1.42. The predicted octanol–water partition coefficient (Wildman–Crippen LogP) is 1.96. The molecule has 1 N–H and O–H groups in total. The highest BCUT2D eigenvalue weighted by Gasteiger charge is 2.16. The Balaban J connectivity index is 3.26. The van der Waals surface area contributed by atoms with Gasteiger partial charge in [0.05, 0.1) is 16.6 Å². The van der Waals surface area contributed by atoms with E-state index in [1.165, 1.54) is 13.0 Å². The standard InChI is InChI=1S/C9H11NO3/c1-6-3-4-9(10(12)13)8(5-6)7(2)11/h3-5,7,11H,1-2H3. The predicted molar refractivity (Wildman–Crippen MR) is 48.5 cm³/mol. The number of nitro groups is 1. The summed E-state index contributed by atoms with van der Waals surface area (Å²) in [5.41, 5.74) is 1.24. The fourth-order valence-corrected chi connectivity index (χ4v) is 1.17. The van der Waals surface area contributed by atoms with Gasteiger partial charge in [-0.1, -0.05) is 11.6 Å². The van der Waals surface area contributed by atoms with Crippen molar-refractivity contribution in [3.63, 3.8) is 0 Å². The number of aliphatic hydroxyl groups excluding tert-OH is 1. The third-order valence-electron chi connectivity index (χ3n) is 1.83. The molecule has 4 nitrogen and oxygen atoms in total. The van der Waals surface area contributed by atoms with Crippen LogP contribution in [0.4, 0.5) is 5.69 Å². The van der Waals surface area contributed by atoms with Gasteiger partial charge in [-0.3, -0.25) is 10.1 Å². The van der Waals surface area contributed by atoms with Crippen molar-refractivity contribution >= 4 is 5.69 Å². The molecule has 0 saturated heterocycles. The minimum atomic E-state index is -0.805. The first-order valence-corrected chi connectivity index (χ1v) is 3.95. The summed E-state index contributed by atoms with van der Waals surface area (Å²) >= 11 is 0. The van der Waals surface area contributed by atoms with E-state index in [4.69, 9.17) is 0 Å². The van der Waals surface area contributed by atoms with Crippen LogP contribution in [0.1, 0.15) is 24.2 Å². The average molecular weight is 181 g/mol. The summed E-state index contributed by atoms with van der Waals surface area (Å²) in [6.07, 6.45) is -0.805. The molecule has 0 fully saturated rings. The largest absolute Gasteiger partial charge is 0.388 e. The number of hydrogen-bond donors (Lipinski definition) is 1. The van der Waals surface area contributed by atoms with E-state index < -0.39 is 11.0 Å². The Kier molecular flexibility index (Phi) is 2.63. The molecule has 0 radical (unpaired) electrons. The lowest BCUT2D eigenvalue weighted by Crippen LogP contribution is -1.99. The van der Waals surface area contributed by atoms with Crippen LogP contribution >= 0.6 is 0 Å². The van der Waals surface area contributed by atoms with Crippen LogP contribution in [0.2, 0.25) is 0 Å². The zero-order valence-corrected chi connectivity index (χ0v) is 7.52. The molecule has 1 aromatic rings. The molecule has 0 aromatic heterocycles. The monoisotopic (exact) mass is 181 g/mol. The topological polar surface area (TPSA) is 63.4 Å². The molecule has 70 valence electrons. The van der Waals surface area contributed by atoms with Crippen molar-refractivity contribution < 1.29 is 10.0 Å². The van der Waals surface area contributed by atoms with E-state index in [1.807, 2.05) is 6.92 Å². The van der Waals surface area contributed by atoms with E-state index in [9.17, 15) is 15.2 Å². The molecule has 1 rings (SSSR count). The van der Waals surface area contributed by atoms with Gasteiger partial charge in [0.25, 0.3) is 5.69 Å². The highest BCUT2D eigenvalue weighted by molar-refractivity contribution is 5.43. The van der Waals surface area contributed by atoms with Crippen LogP contribution in [-0.4, -0.2) is 10.0 Å². The first-order chi connectivity index (χ1) is 6.02. The highest BCUT2D eigenvalue weighted by atomic mass is 16.6. The molecule has 0 aliphatic rings. The van der Waals surface area contributed by atoms with E-state index in [1.54, 1.807) is 12.1 Å². The Morgan fingerprint density at radius 1 is 1.54 bits per heavy atom. The van der Waals surface area contributed by atoms with Crippen molar-refractivity contribution in [2.75, 3.05) is 0 Å². The Morgan fingerprint density at radius 2 is 2.15 bits per heavy atom. The van der Waals surface area contributed by atoms with Crippen molar-refractivity contribution in [2.24, 2.45) is 0 Å². The second kappa shape index (κ2) is 3.53. The van der Waals surface area contributed by atoms with E-state index in [2.05, 4.69) is 0 Å². The van der Waals surface area contributed by atoms with Gasteiger partial charge in [0.1, 0.15) is 0 Å². The van der Waals surface area contributed by atoms with Crippen LogP contribution < -0.4 is 0 Å². The second-order valence-corrected chi connectivity index (χ2v) is 3.00. The van der Waals surface area contributed by atoms with Gasteiger partial charge >= 0.3 is 0 Å². The lowest BCUT2D eigenvalue weighted by Gasteiger charge is -2.05. The quantitative estimate of drug-likeness (QED) is 0.560. The molecule has 0 aliphatic heterocycles. The van der Waals surface area contributed by atoms with E-state index >= 15 is 0 Å². The molecule has 0 saturated carbocycles. The zero-order chi connectivity index (χ0) is 10.0. The Morgan fingerprint density at radius 3 is 2.62 bits per heavy atom. The summed E-state index contributed by atoms with van der Waals surface area (Å²) in [6, 6.07) is 4.70. The lowest BCUT2D eigenvalue weighted by molar-refractivity contribution is -0.386. The average Bonchev–Trinajstić information content (AvgIpc) is 2.03. The number of nitro benzene ring substituents is 1. The molecule has 1 unspecified atom stereocenters. The molecular formula is C9H11NO3. The van der Waals surface area contributed by atoms with Gasteiger partial charge in [0.15, 0.2) is 0 Å². The summed E-state index contributed by atoms with van der Waals surface area (Å²) in [5.74, 6) is 0. The van der Waals surface area contributed by atoms with Crippen LogP contribution in [0.15, 0.2) is 18.2 Å². The molecule has 1 atom stereocenters. The first kappa shape index (κ1) is 9.67. The van der Waals surface area contributed by atoms with E-state index in [-0.39, 0.29) is 5.69 Å². The van der Waals surface area contributed by atoms with Gasteiger partial charge in [-0.15, -0.1) is 0 Å². The first-order valence-electron chi connectivity index (χ1n) is 3.95. The molecular weight excluding hydrogens is 170 g/mol. The van der Waals surface area contributed by atoms with Crippen LogP contribution in [0.3, 0.4) is 0 Å². The third kappa shape index (κ3) is 2.03. The normalized spacial score (nSPS) is 12.5. The fourth-order valence-electron chi connectivity index (χ4n) is 1.17. The summed E-state index contributed by atoms with van der Waals surface area (Å²) in [7, 11) is 0. The van der Waals surface area contributed by atoms with Crippen LogP contribution in [0, 0.1) is 17.0 Å². The number of rotatable bonds is 2. The molecule has 0 aliphatic carbocycles. The SMILES string of the molecule is Cc1ccc([N+](=O)[O-])c(C(C)O)c1. The van der Waals surface area contributed by atoms with Gasteiger partial charge in [0.2, 0.25) is 0 Å². The van der Waals surface area contributed by atoms with Crippen molar-refractivity contribution in [1.29, 1.82) is 0 Å².